The Balaban J connectivity index is 2.34. The van der Waals surface area contributed by atoms with Crippen molar-refractivity contribution in [3.8, 4) is 5.75 Å². The molecule has 1 amide bonds. The quantitative estimate of drug-likeness (QED) is 0.854. The van der Waals surface area contributed by atoms with Crippen molar-refractivity contribution in [3.63, 3.8) is 0 Å². The van der Waals surface area contributed by atoms with Crippen LogP contribution < -0.4 is 15.8 Å². The highest BCUT2D eigenvalue weighted by atomic mass is 19.1. The van der Waals surface area contributed by atoms with E-state index in [1.807, 2.05) is 0 Å². The van der Waals surface area contributed by atoms with Crippen LogP contribution in [0.5, 0.6) is 5.75 Å². The fraction of sp³-hybridized carbons (Fsp3) is 0.133. The molecule has 0 aliphatic carbocycles. The fourth-order valence-electron chi connectivity index (χ4n) is 1.88. The molecule has 3 N–H and O–H groups in total. The third-order valence-electron chi connectivity index (χ3n) is 2.94. The van der Waals surface area contributed by atoms with Crippen LogP contribution in [0.1, 0.15) is 15.9 Å². The molecule has 0 spiro atoms. The standard InChI is InChI=1S/C15H14F2N2O2/c1-8-5-9(18)6-11(14(8)17)15(20)19-13-7-10(21-2)3-4-12(13)16/h3-7H,18H2,1-2H3,(H,19,20). The zero-order valence-electron chi connectivity index (χ0n) is 11.5. The molecule has 0 fully saturated rings. The van der Waals surface area contributed by atoms with E-state index < -0.39 is 17.5 Å². The number of nitrogens with one attached hydrogen (secondary N) is 1. The van der Waals surface area contributed by atoms with E-state index in [0.717, 1.165) is 6.07 Å². The van der Waals surface area contributed by atoms with Crippen LogP contribution in [0.2, 0.25) is 0 Å². The Morgan fingerprint density at radius 1 is 1.24 bits per heavy atom. The highest BCUT2D eigenvalue weighted by Gasteiger charge is 2.16. The number of ether oxygens (including phenoxy) is 1. The molecule has 2 rings (SSSR count). The second-order valence-corrected chi connectivity index (χ2v) is 4.50. The number of amides is 1. The molecule has 2 aromatic rings. The summed E-state index contributed by atoms with van der Waals surface area (Å²) in [6.07, 6.45) is 0. The number of methoxy groups -OCH3 is 1. The van der Waals surface area contributed by atoms with Crippen LogP contribution in [0.15, 0.2) is 30.3 Å². The van der Waals surface area contributed by atoms with E-state index in [-0.39, 0.29) is 22.5 Å². The average Bonchev–Trinajstić information content (AvgIpc) is 2.45. The molecule has 2 aromatic carbocycles. The van der Waals surface area contributed by atoms with Crippen molar-refractivity contribution in [2.45, 2.75) is 6.92 Å². The van der Waals surface area contributed by atoms with Crippen molar-refractivity contribution >= 4 is 17.3 Å². The van der Waals surface area contributed by atoms with Crippen LogP contribution in [0.25, 0.3) is 0 Å². The van der Waals surface area contributed by atoms with Gasteiger partial charge in [-0.2, -0.15) is 0 Å². The lowest BCUT2D eigenvalue weighted by atomic mass is 10.1. The van der Waals surface area contributed by atoms with Gasteiger partial charge in [0.1, 0.15) is 17.4 Å². The zero-order chi connectivity index (χ0) is 15.6. The van der Waals surface area contributed by atoms with Crippen molar-refractivity contribution in [2.75, 3.05) is 18.2 Å². The number of nitrogen functional groups attached to an aromatic ring is 1. The van der Waals surface area contributed by atoms with Gasteiger partial charge in [0.2, 0.25) is 0 Å². The van der Waals surface area contributed by atoms with E-state index in [2.05, 4.69) is 5.32 Å². The van der Waals surface area contributed by atoms with E-state index >= 15 is 0 Å². The first-order valence-electron chi connectivity index (χ1n) is 6.13. The minimum absolute atomic E-state index is 0.0983. The Labute approximate surface area is 120 Å². The molecule has 0 aliphatic rings. The number of halogens is 2. The molecule has 0 bridgehead atoms. The van der Waals surface area contributed by atoms with Crippen LogP contribution in [0.4, 0.5) is 20.2 Å². The zero-order valence-corrected chi connectivity index (χ0v) is 11.5. The van der Waals surface area contributed by atoms with E-state index in [0.29, 0.717) is 5.75 Å². The van der Waals surface area contributed by atoms with Crippen LogP contribution in [0, 0.1) is 18.6 Å². The smallest absolute Gasteiger partial charge is 0.258 e. The molecule has 0 aliphatic heterocycles. The van der Waals surface area contributed by atoms with Gasteiger partial charge in [-0.1, -0.05) is 0 Å². The fourth-order valence-corrected chi connectivity index (χ4v) is 1.88. The third kappa shape index (κ3) is 3.10. The van der Waals surface area contributed by atoms with Gasteiger partial charge in [0.05, 0.1) is 18.4 Å². The summed E-state index contributed by atoms with van der Waals surface area (Å²) in [6, 6.07) is 6.49. The number of anilines is 2. The van der Waals surface area contributed by atoms with Crippen LogP contribution in [0.3, 0.4) is 0 Å². The molecule has 0 aromatic heterocycles. The molecule has 110 valence electrons. The number of hydrogen-bond acceptors (Lipinski definition) is 3. The number of carbonyl (C=O) groups is 1. The number of carbonyl (C=O) groups excluding carboxylic acids is 1. The monoisotopic (exact) mass is 292 g/mol. The molecule has 0 saturated heterocycles. The second-order valence-electron chi connectivity index (χ2n) is 4.50. The first-order valence-corrected chi connectivity index (χ1v) is 6.13. The second kappa shape index (κ2) is 5.78. The van der Waals surface area contributed by atoms with Crippen molar-refractivity contribution in [3.05, 3.63) is 53.1 Å². The van der Waals surface area contributed by atoms with Crippen LogP contribution >= 0.6 is 0 Å². The third-order valence-corrected chi connectivity index (χ3v) is 2.94. The van der Waals surface area contributed by atoms with Gasteiger partial charge in [-0.05, 0) is 36.8 Å². The maximum Gasteiger partial charge on any atom is 0.258 e. The normalized spacial score (nSPS) is 10.3. The van der Waals surface area contributed by atoms with E-state index in [1.54, 1.807) is 0 Å². The lowest BCUT2D eigenvalue weighted by Crippen LogP contribution is -2.16. The van der Waals surface area contributed by atoms with Crippen molar-refractivity contribution in [1.29, 1.82) is 0 Å². The summed E-state index contributed by atoms with van der Waals surface area (Å²) in [7, 11) is 1.42. The molecule has 0 saturated carbocycles. The van der Waals surface area contributed by atoms with Gasteiger partial charge >= 0.3 is 0 Å². The van der Waals surface area contributed by atoms with Crippen LogP contribution in [-0.2, 0) is 0 Å². The predicted octanol–water partition coefficient (Wildman–Crippen LogP) is 3.12. The molecule has 0 unspecified atom stereocenters. The lowest BCUT2D eigenvalue weighted by molar-refractivity contribution is 0.102. The lowest BCUT2D eigenvalue weighted by Gasteiger charge is -2.10. The number of benzene rings is 2. The van der Waals surface area contributed by atoms with Gasteiger partial charge in [0.15, 0.2) is 0 Å². The number of rotatable bonds is 3. The molecule has 0 atom stereocenters. The summed E-state index contributed by atoms with van der Waals surface area (Å²) in [5, 5.41) is 2.31. The van der Waals surface area contributed by atoms with Crippen molar-refractivity contribution in [1.82, 2.24) is 0 Å². The minimum Gasteiger partial charge on any atom is -0.497 e. The van der Waals surface area contributed by atoms with E-state index in [1.165, 1.54) is 38.3 Å². The van der Waals surface area contributed by atoms with Gasteiger partial charge < -0.3 is 15.8 Å². The first-order chi connectivity index (χ1) is 9.92. The van der Waals surface area contributed by atoms with Gasteiger partial charge in [-0.3, -0.25) is 4.79 Å². The molecule has 6 heteroatoms. The Morgan fingerprint density at radius 2 is 1.95 bits per heavy atom. The maximum atomic E-state index is 13.9. The summed E-state index contributed by atoms with van der Waals surface area (Å²) in [5.41, 5.74) is 5.75. The summed E-state index contributed by atoms with van der Waals surface area (Å²) in [4.78, 5) is 12.1. The van der Waals surface area contributed by atoms with Crippen molar-refractivity contribution in [2.24, 2.45) is 0 Å². The predicted molar refractivity (Wildman–Crippen MR) is 76.5 cm³/mol. The first kappa shape index (κ1) is 14.8. The van der Waals surface area contributed by atoms with Gasteiger partial charge in [0.25, 0.3) is 5.91 Å². The van der Waals surface area contributed by atoms with Crippen molar-refractivity contribution < 1.29 is 18.3 Å². The summed E-state index contributed by atoms with van der Waals surface area (Å²) >= 11 is 0. The van der Waals surface area contributed by atoms with Gasteiger partial charge in [-0.25, -0.2) is 8.78 Å². The molecular weight excluding hydrogens is 278 g/mol. The Hall–Kier alpha value is -2.63. The Morgan fingerprint density at radius 3 is 2.62 bits per heavy atom. The van der Waals surface area contributed by atoms with Gasteiger partial charge in [-0.15, -0.1) is 0 Å². The summed E-state index contributed by atoms with van der Waals surface area (Å²) in [5.74, 6) is -1.75. The molecule has 0 heterocycles. The average molecular weight is 292 g/mol. The number of aryl methyl sites for hydroxylation is 1. The van der Waals surface area contributed by atoms with Gasteiger partial charge in [0, 0.05) is 11.8 Å². The van der Waals surface area contributed by atoms with Crippen LogP contribution in [-0.4, -0.2) is 13.0 Å². The minimum atomic E-state index is -0.782. The van der Waals surface area contributed by atoms with E-state index in [4.69, 9.17) is 10.5 Å². The molecular formula is C15H14F2N2O2. The Kier molecular flexibility index (Phi) is 4.07. The highest BCUT2D eigenvalue weighted by molar-refractivity contribution is 6.05. The molecule has 0 radical (unpaired) electrons. The molecule has 21 heavy (non-hydrogen) atoms. The maximum absolute atomic E-state index is 13.9. The summed E-state index contributed by atoms with van der Waals surface area (Å²) in [6.45, 7) is 1.49. The van der Waals surface area contributed by atoms with E-state index in [9.17, 15) is 13.6 Å². The number of hydrogen-bond donors (Lipinski definition) is 2. The number of nitrogens with two attached hydrogens (primary N) is 1. The largest absolute Gasteiger partial charge is 0.497 e. The SMILES string of the molecule is COc1ccc(F)c(NC(=O)c2cc(N)cc(C)c2F)c1. The highest BCUT2D eigenvalue weighted by Crippen LogP contribution is 2.23. The summed E-state index contributed by atoms with van der Waals surface area (Å²) < 4.78 is 32.5. The topological polar surface area (TPSA) is 64.3 Å². The molecule has 4 nitrogen and oxygen atoms in total. The Bertz CT molecular complexity index is 702.